The van der Waals surface area contributed by atoms with Gasteiger partial charge in [0.2, 0.25) is 0 Å². The Bertz CT molecular complexity index is 416. The lowest BCUT2D eigenvalue weighted by molar-refractivity contribution is 0.623. The first-order valence-electron chi connectivity index (χ1n) is 4.00. The molecule has 0 bridgehead atoms. The maximum absolute atomic E-state index is 13.2. The molecule has 0 aliphatic carbocycles. The lowest BCUT2D eigenvalue weighted by Gasteiger charge is -1.97. The van der Waals surface area contributed by atoms with Gasteiger partial charge in [-0.3, -0.25) is 0 Å². The number of benzene rings is 1. The molecule has 0 amide bonds. The zero-order valence-corrected chi connectivity index (χ0v) is 7.66. The summed E-state index contributed by atoms with van der Waals surface area (Å²) in [5.74, 6) is 4.85. The Morgan fingerprint density at radius 1 is 1.57 bits per heavy atom. The van der Waals surface area contributed by atoms with E-state index in [2.05, 4.69) is 21.9 Å². The zero-order valence-electron chi connectivity index (χ0n) is 7.66. The minimum Gasteiger partial charge on any atom is -0.206 e. The van der Waals surface area contributed by atoms with Crippen molar-refractivity contribution in [3.63, 3.8) is 0 Å². The average Bonchev–Trinajstić information content (AvgIpc) is 2.16. The van der Waals surface area contributed by atoms with Crippen molar-refractivity contribution in [1.29, 1.82) is 0 Å². The fraction of sp³-hybridized carbons (Fsp3) is 0.200. The zero-order chi connectivity index (χ0) is 10.4. The van der Waals surface area contributed by atoms with Gasteiger partial charge in [-0.25, -0.2) is 4.39 Å². The van der Waals surface area contributed by atoms with Crippen LogP contribution in [0.25, 0.3) is 10.4 Å². The van der Waals surface area contributed by atoms with Crippen LogP contribution in [0.2, 0.25) is 0 Å². The summed E-state index contributed by atoms with van der Waals surface area (Å²) < 4.78 is 13.2. The smallest absolute Gasteiger partial charge is 0.139 e. The summed E-state index contributed by atoms with van der Waals surface area (Å²) in [4.78, 5) is 2.54. The van der Waals surface area contributed by atoms with Crippen LogP contribution in [0, 0.1) is 24.6 Å². The van der Waals surface area contributed by atoms with Gasteiger partial charge < -0.3 is 0 Å². The van der Waals surface area contributed by atoms with Crippen LogP contribution < -0.4 is 0 Å². The highest BCUT2D eigenvalue weighted by Gasteiger charge is 1.99. The number of hydrogen-bond acceptors (Lipinski definition) is 1. The van der Waals surface area contributed by atoms with E-state index >= 15 is 0 Å². The van der Waals surface area contributed by atoms with Crippen molar-refractivity contribution in [1.82, 2.24) is 0 Å². The van der Waals surface area contributed by atoms with E-state index in [9.17, 15) is 4.39 Å². The number of rotatable bonds is 1. The first-order valence-corrected chi connectivity index (χ1v) is 4.00. The highest BCUT2D eigenvalue weighted by atomic mass is 19.1. The van der Waals surface area contributed by atoms with Crippen LogP contribution in [0.4, 0.5) is 4.39 Å². The molecule has 0 spiro atoms. The van der Waals surface area contributed by atoms with Gasteiger partial charge in [0.15, 0.2) is 0 Å². The summed E-state index contributed by atoms with van der Waals surface area (Å²) in [6.07, 6.45) is 0. The Kier molecular flexibility index (Phi) is 3.54. The molecule has 0 unspecified atom stereocenters. The molecular formula is C10H8FN3. The maximum Gasteiger partial charge on any atom is 0.139 e. The SMILES string of the molecule is Cc1cccc(F)c1C#CCN=[N+]=[N-]. The Balaban J connectivity index is 2.94. The van der Waals surface area contributed by atoms with Crippen LogP contribution in [0.15, 0.2) is 23.3 Å². The molecule has 0 fully saturated rings. The van der Waals surface area contributed by atoms with Gasteiger partial charge in [0.25, 0.3) is 0 Å². The van der Waals surface area contributed by atoms with Gasteiger partial charge in [-0.15, -0.1) is 0 Å². The van der Waals surface area contributed by atoms with E-state index < -0.39 is 0 Å². The van der Waals surface area contributed by atoms with Crippen molar-refractivity contribution in [3.05, 3.63) is 45.6 Å². The number of azide groups is 1. The van der Waals surface area contributed by atoms with E-state index in [-0.39, 0.29) is 12.4 Å². The van der Waals surface area contributed by atoms with E-state index in [1.165, 1.54) is 6.07 Å². The van der Waals surface area contributed by atoms with Crippen LogP contribution in [-0.2, 0) is 0 Å². The molecule has 14 heavy (non-hydrogen) atoms. The molecule has 0 aliphatic heterocycles. The third-order valence-electron chi connectivity index (χ3n) is 1.65. The summed E-state index contributed by atoms with van der Waals surface area (Å²) in [7, 11) is 0. The van der Waals surface area contributed by atoms with Crippen molar-refractivity contribution >= 4 is 0 Å². The Labute approximate surface area is 81.2 Å². The largest absolute Gasteiger partial charge is 0.206 e. The molecule has 3 nitrogen and oxygen atoms in total. The van der Waals surface area contributed by atoms with Crippen molar-refractivity contribution in [2.45, 2.75) is 6.92 Å². The maximum atomic E-state index is 13.2. The topological polar surface area (TPSA) is 48.8 Å². The Morgan fingerprint density at radius 3 is 3.00 bits per heavy atom. The Morgan fingerprint density at radius 2 is 2.36 bits per heavy atom. The summed E-state index contributed by atoms with van der Waals surface area (Å²) in [5.41, 5.74) is 9.13. The predicted octanol–water partition coefficient (Wildman–Crippen LogP) is 2.80. The number of aryl methyl sites for hydroxylation is 1. The second-order valence-electron chi connectivity index (χ2n) is 2.62. The first kappa shape index (κ1) is 10.1. The van der Waals surface area contributed by atoms with Crippen LogP contribution in [0.3, 0.4) is 0 Å². The van der Waals surface area contributed by atoms with E-state index in [0.29, 0.717) is 5.56 Å². The van der Waals surface area contributed by atoms with E-state index in [4.69, 9.17) is 5.53 Å². The molecule has 0 aliphatic rings. The van der Waals surface area contributed by atoms with E-state index in [1.54, 1.807) is 19.1 Å². The molecular weight excluding hydrogens is 181 g/mol. The van der Waals surface area contributed by atoms with Gasteiger partial charge in [0, 0.05) is 4.91 Å². The van der Waals surface area contributed by atoms with Crippen molar-refractivity contribution in [2.75, 3.05) is 6.54 Å². The number of halogens is 1. The van der Waals surface area contributed by atoms with Crippen LogP contribution in [0.1, 0.15) is 11.1 Å². The van der Waals surface area contributed by atoms with E-state index in [1.807, 2.05) is 0 Å². The van der Waals surface area contributed by atoms with Crippen molar-refractivity contribution in [2.24, 2.45) is 5.11 Å². The van der Waals surface area contributed by atoms with Gasteiger partial charge in [-0.05, 0) is 24.1 Å². The summed E-state index contributed by atoms with van der Waals surface area (Å²) in [6, 6.07) is 4.76. The van der Waals surface area contributed by atoms with Gasteiger partial charge in [0.1, 0.15) is 5.82 Å². The molecule has 0 saturated heterocycles. The van der Waals surface area contributed by atoms with Crippen LogP contribution in [0.5, 0.6) is 0 Å². The molecule has 0 atom stereocenters. The predicted molar refractivity (Wildman–Crippen MR) is 52.0 cm³/mol. The lowest BCUT2D eigenvalue weighted by Crippen LogP contribution is -1.87. The van der Waals surface area contributed by atoms with Crippen LogP contribution >= 0.6 is 0 Å². The minimum absolute atomic E-state index is 0.0598. The number of hydrogen-bond donors (Lipinski definition) is 0. The highest BCUT2D eigenvalue weighted by molar-refractivity contribution is 5.41. The molecule has 1 aromatic rings. The Hall–Kier alpha value is -1.98. The van der Waals surface area contributed by atoms with Gasteiger partial charge >= 0.3 is 0 Å². The van der Waals surface area contributed by atoms with Gasteiger partial charge in [-0.1, -0.05) is 29.1 Å². The van der Waals surface area contributed by atoms with Crippen LogP contribution in [-0.4, -0.2) is 6.54 Å². The molecule has 0 saturated carbocycles. The molecule has 4 heteroatoms. The monoisotopic (exact) mass is 189 g/mol. The van der Waals surface area contributed by atoms with Gasteiger partial charge in [0.05, 0.1) is 12.1 Å². The quantitative estimate of drug-likeness (QED) is 0.282. The summed E-state index contributed by atoms with van der Waals surface area (Å²) in [6.45, 7) is 1.84. The normalized spacial score (nSPS) is 8.43. The molecule has 1 rings (SSSR count). The third kappa shape index (κ3) is 2.51. The molecule has 0 heterocycles. The van der Waals surface area contributed by atoms with E-state index in [0.717, 1.165) is 5.56 Å². The molecule has 70 valence electrons. The second-order valence-corrected chi connectivity index (χ2v) is 2.62. The molecule has 0 N–H and O–H groups in total. The van der Waals surface area contributed by atoms with Crippen molar-refractivity contribution < 1.29 is 4.39 Å². The molecule has 1 aromatic carbocycles. The third-order valence-corrected chi connectivity index (χ3v) is 1.65. The first-order chi connectivity index (χ1) is 6.75. The van der Waals surface area contributed by atoms with Gasteiger partial charge in [-0.2, -0.15) is 0 Å². The standard InChI is InChI=1S/C10H8FN3/c1-8-4-2-6-10(11)9(8)5-3-7-13-14-12/h2,4,6H,7H2,1H3. The number of nitrogens with zero attached hydrogens (tertiary/aromatic N) is 3. The second kappa shape index (κ2) is 4.90. The average molecular weight is 189 g/mol. The minimum atomic E-state index is -0.349. The molecule has 0 radical (unpaired) electrons. The lowest BCUT2D eigenvalue weighted by atomic mass is 10.1. The molecule has 0 aromatic heterocycles. The highest BCUT2D eigenvalue weighted by Crippen LogP contribution is 2.10. The summed E-state index contributed by atoms with van der Waals surface area (Å²) >= 11 is 0. The fourth-order valence-corrected chi connectivity index (χ4v) is 0.985. The van der Waals surface area contributed by atoms with Crippen molar-refractivity contribution in [3.8, 4) is 11.8 Å². The fourth-order valence-electron chi connectivity index (χ4n) is 0.985. The summed E-state index contributed by atoms with van der Waals surface area (Å²) in [5, 5.41) is 3.23.